The van der Waals surface area contributed by atoms with Gasteiger partial charge in [0, 0.05) is 48.6 Å². The van der Waals surface area contributed by atoms with Crippen molar-refractivity contribution in [2.45, 2.75) is 54.8 Å². The highest BCUT2D eigenvalue weighted by atomic mass is 32.2. The van der Waals surface area contributed by atoms with E-state index in [1.165, 1.54) is 0 Å². The molecule has 3 saturated heterocycles. The summed E-state index contributed by atoms with van der Waals surface area (Å²) >= 11 is 1.68. The average Bonchev–Trinajstić information content (AvgIpc) is 3.41. The molecule has 0 unspecified atom stereocenters. The molecule has 3 fully saturated rings. The molecule has 30 heavy (non-hydrogen) atoms. The standard InChI is InChI=1S/C23H23N3O3S/c27-20-17-3-1-2-4-18(17)22-26(20)19(13-30-22)21(28)25-15-5-6-16(25)12-23(29,11-15)14-7-9-24-10-8-14/h1-4,7-10,15-16,19,22,29H,5-6,11-13H2/t15-,16-,19-,22-/m0/s1. The summed E-state index contributed by atoms with van der Waals surface area (Å²) in [4.78, 5) is 34.6. The molecule has 2 bridgehead atoms. The second-order valence-electron chi connectivity index (χ2n) is 8.81. The third-order valence-electron chi connectivity index (χ3n) is 7.22. The van der Waals surface area contributed by atoms with Crippen LogP contribution in [-0.2, 0) is 10.4 Å². The van der Waals surface area contributed by atoms with Crippen LogP contribution in [0.25, 0.3) is 0 Å². The Labute approximate surface area is 179 Å². The maximum absolute atomic E-state index is 13.7. The van der Waals surface area contributed by atoms with Gasteiger partial charge in [-0.3, -0.25) is 14.6 Å². The fourth-order valence-electron chi connectivity index (χ4n) is 5.89. The molecular formula is C23H23N3O3S. The van der Waals surface area contributed by atoms with Crippen molar-refractivity contribution in [3.05, 3.63) is 65.5 Å². The van der Waals surface area contributed by atoms with Crippen molar-refractivity contribution in [2.24, 2.45) is 0 Å². The topological polar surface area (TPSA) is 73.7 Å². The van der Waals surface area contributed by atoms with Crippen molar-refractivity contribution >= 4 is 23.6 Å². The number of piperidine rings is 1. The van der Waals surface area contributed by atoms with Crippen molar-refractivity contribution in [3.8, 4) is 0 Å². The monoisotopic (exact) mass is 421 g/mol. The summed E-state index contributed by atoms with van der Waals surface area (Å²) < 4.78 is 0. The summed E-state index contributed by atoms with van der Waals surface area (Å²) in [5.74, 6) is 0.653. The van der Waals surface area contributed by atoms with E-state index in [-0.39, 0.29) is 29.3 Å². The van der Waals surface area contributed by atoms with E-state index in [0.717, 1.165) is 29.5 Å². The Kier molecular flexibility index (Phi) is 4.02. The van der Waals surface area contributed by atoms with E-state index < -0.39 is 11.6 Å². The lowest BCUT2D eigenvalue weighted by Gasteiger charge is -2.45. The lowest BCUT2D eigenvalue weighted by Crippen LogP contribution is -2.57. The lowest BCUT2D eigenvalue weighted by molar-refractivity contribution is -0.146. The zero-order valence-corrected chi connectivity index (χ0v) is 17.3. The van der Waals surface area contributed by atoms with Gasteiger partial charge in [-0.15, -0.1) is 11.8 Å². The summed E-state index contributed by atoms with van der Waals surface area (Å²) in [7, 11) is 0. The zero-order chi connectivity index (χ0) is 20.5. The molecule has 0 saturated carbocycles. The van der Waals surface area contributed by atoms with Crippen LogP contribution in [0.2, 0.25) is 0 Å². The molecule has 1 aromatic heterocycles. The number of nitrogens with zero attached hydrogens (tertiary/aromatic N) is 3. The molecule has 4 aliphatic heterocycles. The maximum Gasteiger partial charge on any atom is 0.256 e. The Morgan fingerprint density at radius 2 is 1.80 bits per heavy atom. The summed E-state index contributed by atoms with van der Waals surface area (Å²) in [5.41, 5.74) is 1.71. The molecule has 154 valence electrons. The number of carbonyl (C=O) groups is 2. The number of aromatic nitrogens is 1. The quantitative estimate of drug-likeness (QED) is 0.807. The number of aliphatic hydroxyl groups is 1. The summed E-state index contributed by atoms with van der Waals surface area (Å²) in [6.07, 6.45) is 6.30. The second-order valence-corrected chi connectivity index (χ2v) is 9.92. The minimum absolute atomic E-state index is 0.0125. The number of thioether (sulfide) groups is 1. The number of hydrogen-bond acceptors (Lipinski definition) is 5. The van der Waals surface area contributed by atoms with Gasteiger partial charge in [-0.25, -0.2) is 0 Å². The van der Waals surface area contributed by atoms with E-state index in [2.05, 4.69) is 4.98 Å². The second kappa shape index (κ2) is 6.56. The predicted molar refractivity (Wildman–Crippen MR) is 113 cm³/mol. The SMILES string of the molecule is O=C([C@@H]1CS[C@H]2c3ccccc3C(=O)N12)N1[C@H]2CC[C@H]1CC(O)(c1ccncc1)C2. The number of pyridine rings is 1. The Hall–Kier alpha value is -2.38. The minimum atomic E-state index is -0.918. The van der Waals surface area contributed by atoms with E-state index >= 15 is 0 Å². The first-order valence-corrected chi connectivity index (χ1v) is 11.6. The first kappa shape index (κ1) is 18.4. The Bertz CT molecular complexity index is 1020. The summed E-state index contributed by atoms with van der Waals surface area (Å²) in [6, 6.07) is 11.0. The van der Waals surface area contributed by atoms with Crippen molar-refractivity contribution < 1.29 is 14.7 Å². The van der Waals surface area contributed by atoms with Gasteiger partial charge >= 0.3 is 0 Å². The molecule has 6 rings (SSSR count). The van der Waals surface area contributed by atoms with Crippen molar-refractivity contribution in [2.75, 3.05) is 5.75 Å². The number of rotatable bonds is 2. The number of amides is 2. The maximum atomic E-state index is 13.7. The first-order valence-electron chi connectivity index (χ1n) is 10.5. The van der Waals surface area contributed by atoms with Crippen LogP contribution < -0.4 is 0 Å². The summed E-state index contributed by atoms with van der Waals surface area (Å²) in [5, 5.41) is 11.3. The average molecular weight is 422 g/mol. The van der Waals surface area contributed by atoms with Crippen LogP contribution >= 0.6 is 11.8 Å². The zero-order valence-electron chi connectivity index (χ0n) is 16.5. The number of hydrogen-bond donors (Lipinski definition) is 1. The fourth-order valence-corrected chi connectivity index (χ4v) is 7.34. The van der Waals surface area contributed by atoms with Gasteiger partial charge in [0.05, 0.1) is 5.60 Å². The van der Waals surface area contributed by atoms with Gasteiger partial charge in [0.1, 0.15) is 11.4 Å². The molecular weight excluding hydrogens is 398 g/mol. The summed E-state index contributed by atoms with van der Waals surface area (Å²) in [6.45, 7) is 0. The van der Waals surface area contributed by atoms with Crippen LogP contribution in [0.15, 0.2) is 48.8 Å². The first-order chi connectivity index (χ1) is 14.6. The largest absolute Gasteiger partial charge is 0.385 e. The van der Waals surface area contributed by atoms with E-state index in [9.17, 15) is 14.7 Å². The van der Waals surface area contributed by atoms with E-state index in [1.54, 1.807) is 29.1 Å². The van der Waals surface area contributed by atoms with Crippen molar-refractivity contribution in [3.63, 3.8) is 0 Å². The van der Waals surface area contributed by atoms with Crippen LogP contribution in [0.5, 0.6) is 0 Å². The van der Waals surface area contributed by atoms with Gasteiger partial charge in [0.25, 0.3) is 5.91 Å². The van der Waals surface area contributed by atoms with Gasteiger partial charge < -0.3 is 14.9 Å². The molecule has 1 N–H and O–H groups in total. The van der Waals surface area contributed by atoms with Gasteiger partial charge in [-0.05, 0) is 42.2 Å². The molecule has 0 spiro atoms. The third kappa shape index (κ3) is 2.51. The molecule has 5 heterocycles. The molecule has 0 radical (unpaired) electrons. The van der Waals surface area contributed by atoms with E-state index in [0.29, 0.717) is 18.6 Å². The normalized spacial score (nSPS) is 34.2. The Balaban J connectivity index is 1.26. The van der Waals surface area contributed by atoms with E-state index in [4.69, 9.17) is 0 Å². The highest BCUT2D eigenvalue weighted by Gasteiger charge is 2.55. The molecule has 4 atom stereocenters. The molecule has 7 heteroatoms. The molecule has 1 aromatic carbocycles. The fraction of sp³-hybridized carbons (Fsp3) is 0.435. The minimum Gasteiger partial charge on any atom is -0.385 e. The molecule has 0 aliphatic carbocycles. The molecule has 4 aliphatic rings. The molecule has 2 amide bonds. The van der Waals surface area contributed by atoms with Crippen LogP contribution in [0.3, 0.4) is 0 Å². The Morgan fingerprint density at radius 1 is 1.10 bits per heavy atom. The van der Waals surface area contributed by atoms with Crippen LogP contribution in [0, 0.1) is 0 Å². The van der Waals surface area contributed by atoms with Crippen LogP contribution in [0.4, 0.5) is 0 Å². The third-order valence-corrected chi connectivity index (χ3v) is 8.52. The van der Waals surface area contributed by atoms with Gasteiger partial charge in [0.15, 0.2) is 0 Å². The predicted octanol–water partition coefficient (Wildman–Crippen LogP) is 2.69. The van der Waals surface area contributed by atoms with Gasteiger partial charge in [-0.2, -0.15) is 0 Å². The van der Waals surface area contributed by atoms with Crippen molar-refractivity contribution in [1.82, 2.24) is 14.8 Å². The van der Waals surface area contributed by atoms with Gasteiger partial charge in [0.2, 0.25) is 5.91 Å². The number of carbonyl (C=O) groups excluding carboxylic acids is 2. The highest BCUT2D eigenvalue weighted by Crippen LogP contribution is 2.51. The molecule has 2 aromatic rings. The Morgan fingerprint density at radius 3 is 2.53 bits per heavy atom. The number of fused-ring (bicyclic) bond motifs is 5. The molecule has 6 nitrogen and oxygen atoms in total. The van der Waals surface area contributed by atoms with Crippen LogP contribution in [-0.4, -0.2) is 55.6 Å². The van der Waals surface area contributed by atoms with Gasteiger partial charge in [-0.1, -0.05) is 18.2 Å². The van der Waals surface area contributed by atoms with Crippen molar-refractivity contribution in [1.29, 1.82) is 0 Å². The lowest BCUT2D eigenvalue weighted by atomic mass is 9.80. The van der Waals surface area contributed by atoms with E-state index in [1.807, 2.05) is 41.3 Å². The highest BCUT2D eigenvalue weighted by molar-refractivity contribution is 7.99. The smallest absolute Gasteiger partial charge is 0.256 e. The van der Waals surface area contributed by atoms with Crippen LogP contribution in [0.1, 0.15) is 52.5 Å². The number of benzene rings is 1.